The summed E-state index contributed by atoms with van der Waals surface area (Å²) in [6.07, 6.45) is 0.914. The molecule has 1 amide bonds. The summed E-state index contributed by atoms with van der Waals surface area (Å²) < 4.78 is 4.40. The number of methoxy groups -OCH3 is 1. The van der Waals surface area contributed by atoms with Crippen molar-refractivity contribution in [1.29, 1.82) is 0 Å². The second kappa shape index (κ2) is 5.11. The van der Waals surface area contributed by atoms with Crippen molar-refractivity contribution in [1.82, 2.24) is 5.32 Å². The Morgan fingerprint density at radius 2 is 2.38 bits per heavy atom. The van der Waals surface area contributed by atoms with E-state index in [1.165, 1.54) is 7.11 Å². The van der Waals surface area contributed by atoms with Crippen LogP contribution in [0.15, 0.2) is 0 Å². The SMILES string of the molecule is COC(=O)CNC(=O)C1CCSC1. The molecule has 0 bridgehead atoms. The van der Waals surface area contributed by atoms with Crippen LogP contribution in [0, 0.1) is 5.92 Å². The molecule has 1 saturated heterocycles. The zero-order chi connectivity index (χ0) is 9.68. The van der Waals surface area contributed by atoms with Crippen LogP contribution in [0.1, 0.15) is 6.42 Å². The summed E-state index contributed by atoms with van der Waals surface area (Å²) in [5.74, 6) is 1.55. The molecule has 1 atom stereocenters. The van der Waals surface area contributed by atoms with Gasteiger partial charge in [0.15, 0.2) is 0 Å². The van der Waals surface area contributed by atoms with Crippen LogP contribution >= 0.6 is 11.8 Å². The lowest BCUT2D eigenvalue weighted by atomic mass is 10.1. The van der Waals surface area contributed by atoms with Crippen molar-refractivity contribution in [3.8, 4) is 0 Å². The Morgan fingerprint density at radius 3 is 2.92 bits per heavy atom. The predicted molar refractivity (Wildman–Crippen MR) is 50.5 cm³/mol. The van der Waals surface area contributed by atoms with Crippen molar-refractivity contribution in [2.24, 2.45) is 5.92 Å². The van der Waals surface area contributed by atoms with Gasteiger partial charge in [-0.05, 0) is 12.2 Å². The third-order valence-corrected chi connectivity index (χ3v) is 3.10. The third-order valence-electron chi connectivity index (χ3n) is 1.94. The molecule has 74 valence electrons. The van der Waals surface area contributed by atoms with Gasteiger partial charge in [-0.3, -0.25) is 9.59 Å². The molecular formula is C8H13NO3S. The van der Waals surface area contributed by atoms with Gasteiger partial charge in [0.25, 0.3) is 0 Å². The van der Waals surface area contributed by atoms with Crippen molar-refractivity contribution < 1.29 is 14.3 Å². The minimum atomic E-state index is -0.404. The molecule has 0 aliphatic carbocycles. The van der Waals surface area contributed by atoms with Crippen molar-refractivity contribution in [3.05, 3.63) is 0 Å². The van der Waals surface area contributed by atoms with Gasteiger partial charge in [0.1, 0.15) is 6.54 Å². The first-order valence-electron chi connectivity index (χ1n) is 4.16. The molecule has 0 spiro atoms. The minimum absolute atomic E-state index is 0.0174. The quantitative estimate of drug-likeness (QED) is 0.657. The van der Waals surface area contributed by atoms with Crippen molar-refractivity contribution in [3.63, 3.8) is 0 Å². The monoisotopic (exact) mass is 203 g/mol. The van der Waals surface area contributed by atoms with Crippen LogP contribution in [-0.2, 0) is 14.3 Å². The zero-order valence-corrected chi connectivity index (χ0v) is 8.36. The molecule has 5 heteroatoms. The number of carbonyl (C=O) groups excluding carboxylic acids is 2. The van der Waals surface area contributed by atoms with E-state index >= 15 is 0 Å². The van der Waals surface area contributed by atoms with Crippen LogP contribution in [0.3, 0.4) is 0 Å². The Labute approximate surface area is 81.4 Å². The lowest BCUT2D eigenvalue weighted by Crippen LogP contribution is -2.35. The highest BCUT2D eigenvalue weighted by Gasteiger charge is 2.23. The molecule has 4 nitrogen and oxygen atoms in total. The summed E-state index contributed by atoms with van der Waals surface area (Å²) in [7, 11) is 1.31. The zero-order valence-electron chi connectivity index (χ0n) is 7.54. The second-order valence-electron chi connectivity index (χ2n) is 2.85. The van der Waals surface area contributed by atoms with Gasteiger partial charge >= 0.3 is 5.97 Å². The Kier molecular flexibility index (Phi) is 4.08. The number of thioether (sulfide) groups is 1. The molecule has 1 fully saturated rings. The predicted octanol–water partition coefficient (Wildman–Crippen LogP) is 0.0287. The Balaban J connectivity index is 2.20. The summed E-state index contributed by atoms with van der Waals surface area (Å²) >= 11 is 1.77. The first-order valence-corrected chi connectivity index (χ1v) is 5.31. The molecule has 1 rings (SSSR count). The highest BCUT2D eigenvalue weighted by atomic mass is 32.2. The standard InChI is InChI=1S/C8H13NO3S/c1-12-7(10)4-9-8(11)6-2-3-13-5-6/h6H,2-5H2,1H3,(H,9,11). The van der Waals surface area contributed by atoms with Gasteiger partial charge in [-0.25, -0.2) is 0 Å². The Hall–Kier alpha value is -0.710. The van der Waals surface area contributed by atoms with E-state index in [0.717, 1.165) is 17.9 Å². The summed E-state index contributed by atoms with van der Waals surface area (Å²) in [5, 5.41) is 2.55. The van der Waals surface area contributed by atoms with Gasteiger partial charge in [-0.2, -0.15) is 11.8 Å². The van der Waals surface area contributed by atoms with Gasteiger partial charge < -0.3 is 10.1 Å². The second-order valence-corrected chi connectivity index (χ2v) is 4.00. The highest BCUT2D eigenvalue weighted by Crippen LogP contribution is 2.23. The molecule has 0 aromatic carbocycles. The van der Waals surface area contributed by atoms with Crippen LogP contribution in [0.4, 0.5) is 0 Å². The maximum absolute atomic E-state index is 11.3. The van der Waals surface area contributed by atoms with Crippen LogP contribution in [-0.4, -0.2) is 37.0 Å². The summed E-state index contributed by atoms with van der Waals surface area (Å²) in [5.41, 5.74) is 0. The summed E-state index contributed by atoms with van der Waals surface area (Å²) in [6.45, 7) is -0.0174. The number of nitrogens with one attached hydrogen (secondary N) is 1. The molecule has 1 heterocycles. The van der Waals surface area contributed by atoms with Gasteiger partial charge in [0, 0.05) is 11.7 Å². The van der Waals surface area contributed by atoms with Gasteiger partial charge in [-0.1, -0.05) is 0 Å². The minimum Gasteiger partial charge on any atom is -0.468 e. The maximum Gasteiger partial charge on any atom is 0.325 e. The molecular weight excluding hydrogens is 190 g/mol. The molecule has 0 radical (unpaired) electrons. The first kappa shape index (κ1) is 10.4. The van der Waals surface area contributed by atoms with Gasteiger partial charge in [-0.15, -0.1) is 0 Å². The third kappa shape index (κ3) is 3.26. The lowest BCUT2D eigenvalue weighted by molar-refractivity contribution is -0.141. The maximum atomic E-state index is 11.3. The van der Waals surface area contributed by atoms with E-state index in [-0.39, 0.29) is 18.4 Å². The molecule has 0 saturated carbocycles. The average Bonchev–Trinajstić information content (AvgIpc) is 2.66. The summed E-state index contributed by atoms with van der Waals surface area (Å²) in [4.78, 5) is 22.0. The smallest absolute Gasteiger partial charge is 0.325 e. The normalized spacial score (nSPS) is 21.2. The van der Waals surface area contributed by atoms with Crippen molar-refractivity contribution >= 4 is 23.6 Å². The average molecular weight is 203 g/mol. The topological polar surface area (TPSA) is 55.4 Å². The molecule has 1 aliphatic heterocycles. The number of hydrogen-bond acceptors (Lipinski definition) is 4. The van der Waals surface area contributed by atoms with E-state index < -0.39 is 5.97 Å². The van der Waals surface area contributed by atoms with E-state index in [4.69, 9.17) is 0 Å². The van der Waals surface area contributed by atoms with E-state index in [1.807, 2.05) is 0 Å². The fraction of sp³-hybridized carbons (Fsp3) is 0.750. The van der Waals surface area contributed by atoms with Crippen LogP contribution < -0.4 is 5.32 Å². The van der Waals surface area contributed by atoms with Gasteiger partial charge in [0.2, 0.25) is 5.91 Å². The van der Waals surface area contributed by atoms with Gasteiger partial charge in [0.05, 0.1) is 7.11 Å². The number of amides is 1. The largest absolute Gasteiger partial charge is 0.468 e. The number of rotatable bonds is 3. The number of esters is 1. The molecule has 0 aromatic rings. The molecule has 1 unspecified atom stereocenters. The molecule has 13 heavy (non-hydrogen) atoms. The van der Waals surface area contributed by atoms with E-state index in [1.54, 1.807) is 11.8 Å². The van der Waals surface area contributed by atoms with Crippen LogP contribution in [0.5, 0.6) is 0 Å². The number of hydrogen-bond donors (Lipinski definition) is 1. The summed E-state index contributed by atoms with van der Waals surface area (Å²) in [6, 6.07) is 0. The first-order chi connectivity index (χ1) is 6.24. The Bertz CT molecular complexity index is 202. The van der Waals surface area contributed by atoms with Crippen molar-refractivity contribution in [2.75, 3.05) is 25.2 Å². The van der Waals surface area contributed by atoms with Crippen molar-refractivity contribution in [2.45, 2.75) is 6.42 Å². The fourth-order valence-corrected chi connectivity index (χ4v) is 2.34. The molecule has 0 aromatic heterocycles. The van der Waals surface area contributed by atoms with Crippen LogP contribution in [0.25, 0.3) is 0 Å². The highest BCUT2D eigenvalue weighted by molar-refractivity contribution is 7.99. The number of carbonyl (C=O) groups is 2. The molecule has 1 N–H and O–H groups in total. The van der Waals surface area contributed by atoms with Crippen LogP contribution in [0.2, 0.25) is 0 Å². The van der Waals surface area contributed by atoms with E-state index in [2.05, 4.69) is 10.1 Å². The fourth-order valence-electron chi connectivity index (χ4n) is 1.12. The van der Waals surface area contributed by atoms with E-state index in [9.17, 15) is 9.59 Å². The lowest BCUT2D eigenvalue weighted by Gasteiger charge is -2.07. The van der Waals surface area contributed by atoms with E-state index in [0.29, 0.717) is 0 Å². The Morgan fingerprint density at radius 1 is 1.62 bits per heavy atom. The number of ether oxygens (including phenoxy) is 1. The molecule has 1 aliphatic rings.